The van der Waals surface area contributed by atoms with Crippen LogP contribution in [0.3, 0.4) is 0 Å². The fourth-order valence-electron chi connectivity index (χ4n) is 2.41. The number of thioether (sulfide) groups is 1. The molecule has 2 aromatic carbocycles. The highest BCUT2D eigenvalue weighted by Crippen LogP contribution is 2.23. The van der Waals surface area contributed by atoms with Gasteiger partial charge in [-0.1, -0.05) is 54.2 Å². The van der Waals surface area contributed by atoms with Crippen molar-refractivity contribution in [1.82, 2.24) is 9.55 Å². The van der Waals surface area contributed by atoms with Crippen molar-refractivity contribution in [1.29, 1.82) is 0 Å². The molecule has 0 aliphatic carbocycles. The summed E-state index contributed by atoms with van der Waals surface area (Å²) in [6, 6.07) is 16.0. The number of rotatable bonds is 5. The molecule has 122 valence electrons. The highest BCUT2D eigenvalue weighted by molar-refractivity contribution is 14.1. The molecule has 1 aromatic heterocycles. The maximum absolute atomic E-state index is 12.9. The molecule has 0 atom stereocenters. The van der Waals surface area contributed by atoms with E-state index in [2.05, 4.69) is 41.3 Å². The summed E-state index contributed by atoms with van der Waals surface area (Å²) in [7, 11) is 0. The van der Waals surface area contributed by atoms with E-state index in [-0.39, 0.29) is 5.56 Å². The molecule has 0 N–H and O–H groups in total. The maximum Gasteiger partial charge on any atom is 0.262 e. The first-order valence-electron chi connectivity index (χ1n) is 7.56. The lowest BCUT2D eigenvalue weighted by Gasteiger charge is -2.13. The molecule has 0 radical (unpaired) electrons. The normalized spacial score (nSPS) is 10.9. The molecular formula is C19H17IN2OS. The fraction of sp³-hybridized carbons (Fsp3) is 0.158. The summed E-state index contributed by atoms with van der Waals surface area (Å²) in [5.74, 6) is 0.777. The molecule has 0 aliphatic rings. The predicted molar refractivity (Wildman–Crippen MR) is 110 cm³/mol. The van der Waals surface area contributed by atoms with Gasteiger partial charge in [-0.15, -0.1) is 0 Å². The van der Waals surface area contributed by atoms with Gasteiger partial charge < -0.3 is 0 Å². The van der Waals surface area contributed by atoms with E-state index >= 15 is 0 Å². The van der Waals surface area contributed by atoms with E-state index in [0.717, 1.165) is 25.6 Å². The summed E-state index contributed by atoms with van der Waals surface area (Å²) in [5.41, 5.74) is 2.89. The van der Waals surface area contributed by atoms with Crippen LogP contribution in [0, 0.1) is 3.57 Å². The molecule has 3 rings (SSSR count). The minimum atomic E-state index is -0.00271. The number of halogens is 1. The predicted octanol–water partition coefficient (Wildman–Crippen LogP) is 4.87. The van der Waals surface area contributed by atoms with E-state index in [4.69, 9.17) is 4.98 Å². The first-order chi connectivity index (χ1) is 11.5. The van der Waals surface area contributed by atoms with Gasteiger partial charge in [0, 0.05) is 15.9 Å². The molecule has 3 aromatic rings. The van der Waals surface area contributed by atoms with Crippen molar-refractivity contribution in [2.24, 2.45) is 0 Å². The number of allylic oxidation sites excluding steroid dienone is 1. The lowest BCUT2D eigenvalue weighted by molar-refractivity contribution is 0.651. The molecule has 24 heavy (non-hydrogen) atoms. The van der Waals surface area contributed by atoms with E-state index < -0.39 is 0 Å². The Bertz CT molecular complexity index is 951. The van der Waals surface area contributed by atoms with Crippen LogP contribution in [0.25, 0.3) is 10.9 Å². The molecule has 0 bridgehead atoms. The van der Waals surface area contributed by atoms with Gasteiger partial charge in [0.2, 0.25) is 0 Å². The second kappa shape index (κ2) is 7.53. The number of benzene rings is 2. The largest absolute Gasteiger partial charge is 0.283 e. The number of fused-ring (bicyclic) bond motifs is 1. The lowest BCUT2D eigenvalue weighted by Crippen LogP contribution is -2.24. The van der Waals surface area contributed by atoms with Crippen LogP contribution >= 0.6 is 34.4 Å². The van der Waals surface area contributed by atoms with Crippen molar-refractivity contribution < 1.29 is 0 Å². The smallest absolute Gasteiger partial charge is 0.262 e. The minimum absolute atomic E-state index is 0.00271. The second-order valence-electron chi connectivity index (χ2n) is 5.68. The molecule has 5 heteroatoms. The van der Waals surface area contributed by atoms with E-state index in [9.17, 15) is 4.79 Å². The Kier molecular flexibility index (Phi) is 5.40. The molecule has 3 nitrogen and oxygen atoms in total. The molecule has 0 saturated heterocycles. The third kappa shape index (κ3) is 3.89. The number of nitrogens with zero attached hydrogens (tertiary/aromatic N) is 2. The van der Waals surface area contributed by atoms with Crippen LogP contribution in [-0.2, 0) is 12.3 Å². The molecule has 1 heterocycles. The van der Waals surface area contributed by atoms with Crippen LogP contribution in [-0.4, -0.2) is 9.55 Å². The third-order valence-electron chi connectivity index (χ3n) is 3.52. The van der Waals surface area contributed by atoms with Crippen LogP contribution in [0.4, 0.5) is 0 Å². The van der Waals surface area contributed by atoms with Crippen molar-refractivity contribution in [2.75, 3.05) is 0 Å². The van der Waals surface area contributed by atoms with Gasteiger partial charge in [-0.3, -0.25) is 9.36 Å². The van der Waals surface area contributed by atoms with Crippen LogP contribution < -0.4 is 5.56 Å². The van der Waals surface area contributed by atoms with Crippen molar-refractivity contribution >= 4 is 45.3 Å². The van der Waals surface area contributed by atoms with Gasteiger partial charge in [-0.05, 0) is 53.3 Å². The lowest BCUT2D eigenvalue weighted by atomic mass is 10.2. The Morgan fingerprint density at radius 2 is 2.00 bits per heavy atom. The Balaban J connectivity index is 2.05. The molecular weight excluding hydrogens is 431 g/mol. The van der Waals surface area contributed by atoms with E-state index in [0.29, 0.717) is 11.9 Å². The van der Waals surface area contributed by atoms with Crippen molar-refractivity contribution in [2.45, 2.75) is 24.4 Å². The first kappa shape index (κ1) is 17.2. The molecule has 0 spiro atoms. The van der Waals surface area contributed by atoms with Crippen molar-refractivity contribution in [3.8, 4) is 0 Å². The summed E-state index contributed by atoms with van der Waals surface area (Å²) in [5, 5.41) is 1.40. The summed E-state index contributed by atoms with van der Waals surface area (Å²) in [6.45, 7) is 6.37. The van der Waals surface area contributed by atoms with E-state index in [1.807, 2.05) is 43.3 Å². The van der Waals surface area contributed by atoms with Gasteiger partial charge in [0.25, 0.3) is 5.56 Å². The molecule has 0 saturated carbocycles. The zero-order chi connectivity index (χ0) is 17.1. The minimum Gasteiger partial charge on any atom is -0.283 e. The summed E-state index contributed by atoms with van der Waals surface area (Å²) >= 11 is 3.80. The van der Waals surface area contributed by atoms with Gasteiger partial charge in [0.15, 0.2) is 5.16 Å². The van der Waals surface area contributed by atoms with Crippen molar-refractivity contribution in [3.05, 3.63) is 80.2 Å². The SMILES string of the molecule is C=C(C)Cn1c(SCc2ccccc2)nc2ccc(I)cc2c1=O. The molecule has 0 unspecified atom stereocenters. The first-order valence-corrected chi connectivity index (χ1v) is 9.62. The second-order valence-corrected chi connectivity index (χ2v) is 7.87. The van der Waals surface area contributed by atoms with Crippen LogP contribution in [0.5, 0.6) is 0 Å². The van der Waals surface area contributed by atoms with Gasteiger partial charge in [0.05, 0.1) is 10.9 Å². The Labute approximate surface area is 159 Å². The Morgan fingerprint density at radius 1 is 1.25 bits per heavy atom. The number of aromatic nitrogens is 2. The standard InChI is InChI=1S/C19H17IN2OS/c1-13(2)11-22-18(23)16-10-15(20)8-9-17(16)21-19(22)24-12-14-6-4-3-5-7-14/h3-10H,1,11-12H2,2H3. The topological polar surface area (TPSA) is 34.9 Å². The molecule has 0 amide bonds. The average Bonchev–Trinajstić information content (AvgIpc) is 2.57. The van der Waals surface area contributed by atoms with E-state index in [1.165, 1.54) is 5.56 Å². The van der Waals surface area contributed by atoms with Crippen molar-refractivity contribution in [3.63, 3.8) is 0 Å². The van der Waals surface area contributed by atoms with Gasteiger partial charge >= 0.3 is 0 Å². The summed E-state index contributed by atoms with van der Waals surface area (Å²) in [6.07, 6.45) is 0. The number of hydrogen-bond donors (Lipinski definition) is 0. The average molecular weight is 448 g/mol. The number of hydrogen-bond acceptors (Lipinski definition) is 3. The monoisotopic (exact) mass is 448 g/mol. The fourth-order valence-corrected chi connectivity index (χ4v) is 3.86. The zero-order valence-electron chi connectivity index (χ0n) is 13.3. The third-order valence-corrected chi connectivity index (χ3v) is 5.24. The summed E-state index contributed by atoms with van der Waals surface area (Å²) < 4.78 is 2.76. The van der Waals surface area contributed by atoms with Crippen LogP contribution in [0.15, 0.2) is 70.6 Å². The molecule has 0 fully saturated rings. The Hall–Kier alpha value is -1.60. The van der Waals surface area contributed by atoms with Crippen LogP contribution in [0.1, 0.15) is 12.5 Å². The van der Waals surface area contributed by atoms with Gasteiger partial charge in [-0.2, -0.15) is 0 Å². The van der Waals surface area contributed by atoms with Crippen LogP contribution in [0.2, 0.25) is 0 Å². The Morgan fingerprint density at radius 3 is 2.71 bits per heavy atom. The molecule has 0 aliphatic heterocycles. The zero-order valence-corrected chi connectivity index (χ0v) is 16.3. The highest BCUT2D eigenvalue weighted by Gasteiger charge is 2.12. The highest BCUT2D eigenvalue weighted by atomic mass is 127. The summed E-state index contributed by atoms with van der Waals surface area (Å²) in [4.78, 5) is 17.6. The van der Waals surface area contributed by atoms with E-state index in [1.54, 1.807) is 16.3 Å². The quantitative estimate of drug-likeness (QED) is 0.242. The maximum atomic E-state index is 12.9. The van der Waals surface area contributed by atoms with Gasteiger partial charge in [-0.25, -0.2) is 4.98 Å². The van der Waals surface area contributed by atoms with Gasteiger partial charge in [0.1, 0.15) is 0 Å².